The fourth-order valence-corrected chi connectivity index (χ4v) is 4.51. The molecule has 1 aliphatic heterocycles. The minimum atomic E-state index is -3.66. The number of aryl methyl sites for hydroxylation is 2. The molecule has 30 heavy (non-hydrogen) atoms. The standard InChI is InChI=1S/C22H27N3O4S/c1-15-7-5-8-19(17(15)3)25(30(4,28)29)14-21(26)23-18-11-10-16(2)20(13-18)24-12-6-9-22(24)27/h5,7-8,10-11,13H,6,9,12,14H2,1-4H3,(H,23,26). The third kappa shape index (κ3) is 4.64. The van der Waals surface area contributed by atoms with Gasteiger partial charge in [0.05, 0.1) is 11.9 Å². The molecule has 0 bridgehead atoms. The Hall–Kier alpha value is -2.87. The van der Waals surface area contributed by atoms with Crippen LogP contribution in [0, 0.1) is 20.8 Å². The molecular formula is C22H27N3O4S. The second-order valence-electron chi connectivity index (χ2n) is 7.69. The number of rotatable bonds is 6. The summed E-state index contributed by atoms with van der Waals surface area (Å²) in [6.45, 7) is 5.96. The number of amides is 2. The summed E-state index contributed by atoms with van der Waals surface area (Å²) < 4.78 is 25.9. The van der Waals surface area contributed by atoms with Gasteiger partial charge in [0.25, 0.3) is 0 Å². The zero-order chi connectivity index (χ0) is 22.1. The molecule has 3 rings (SSSR count). The molecule has 0 atom stereocenters. The molecule has 0 saturated carbocycles. The van der Waals surface area contributed by atoms with Crippen molar-refractivity contribution in [3.63, 3.8) is 0 Å². The number of sulfonamides is 1. The number of benzene rings is 2. The van der Waals surface area contributed by atoms with Crippen LogP contribution in [0.4, 0.5) is 17.1 Å². The molecule has 0 radical (unpaired) electrons. The van der Waals surface area contributed by atoms with Crippen molar-refractivity contribution in [1.82, 2.24) is 0 Å². The molecule has 1 fully saturated rings. The van der Waals surface area contributed by atoms with Crippen LogP contribution in [0.1, 0.15) is 29.5 Å². The van der Waals surface area contributed by atoms with Crippen LogP contribution in [-0.4, -0.2) is 39.6 Å². The Balaban J connectivity index is 1.83. The average Bonchev–Trinajstić information content (AvgIpc) is 3.09. The highest BCUT2D eigenvalue weighted by atomic mass is 32.2. The Morgan fingerprint density at radius 2 is 1.87 bits per heavy atom. The monoisotopic (exact) mass is 429 g/mol. The minimum Gasteiger partial charge on any atom is -0.324 e. The summed E-state index contributed by atoms with van der Waals surface area (Å²) in [6.07, 6.45) is 2.42. The van der Waals surface area contributed by atoms with Crippen LogP contribution < -0.4 is 14.5 Å². The molecule has 0 spiro atoms. The van der Waals surface area contributed by atoms with Crippen molar-refractivity contribution in [2.24, 2.45) is 0 Å². The predicted molar refractivity (Wildman–Crippen MR) is 120 cm³/mol. The van der Waals surface area contributed by atoms with Gasteiger partial charge in [0, 0.05) is 24.3 Å². The third-order valence-corrected chi connectivity index (χ3v) is 6.52. The molecule has 1 aliphatic rings. The second-order valence-corrected chi connectivity index (χ2v) is 9.59. The molecule has 0 unspecified atom stereocenters. The van der Waals surface area contributed by atoms with Crippen molar-refractivity contribution in [2.45, 2.75) is 33.6 Å². The summed E-state index contributed by atoms with van der Waals surface area (Å²) >= 11 is 0. The minimum absolute atomic E-state index is 0.0692. The summed E-state index contributed by atoms with van der Waals surface area (Å²) in [7, 11) is -3.66. The van der Waals surface area contributed by atoms with Gasteiger partial charge in [-0.1, -0.05) is 18.2 Å². The number of nitrogens with one attached hydrogen (secondary N) is 1. The molecular weight excluding hydrogens is 402 g/mol. The van der Waals surface area contributed by atoms with Crippen molar-refractivity contribution in [2.75, 3.05) is 33.9 Å². The van der Waals surface area contributed by atoms with Gasteiger partial charge in [-0.2, -0.15) is 0 Å². The van der Waals surface area contributed by atoms with Gasteiger partial charge in [-0.25, -0.2) is 8.42 Å². The largest absolute Gasteiger partial charge is 0.324 e. The Morgan fingerprint density at radius 3 is 2.50 bits per heavy atom. The van der Waals surface area contributed by atoms with Crippen LogP contribution in [0.2, 0.25) is 0 Å². The summed E-state index contributed by atoms with van der Waals surface area (Å²) in [5.74, 6) is -0.386. The van der Waals surface area contributed by atoms with Gasteiger partial charge < -0.3 is 10.2 Å². The lowest BCUT2D eigenvalue weighted by atomic mass is 10.1. The van der Waals surface area contributed by atoms with E-state index in [1.54, 1.807) is 29.2 Å². The molecule has 8 heteroatoms. The molecule has 0 aromatic heterocycles. The highest BCUT2D eigenvalue weighted by Gasteiger charge is 2.25. The number of hydrogen-bond acceptors (Lipinski definition) is 4. The van der Waals surface area contributed by atoms with Gasteiger partial charge in [0.1, 0.15) is 6.54 Å². The van der Waals surface area contributed by atoms with E-state index in [4.69, 9.17) is 0 Å². The van der Waals surface area contributed by atoms with E-state index < -0.39 is 15.9 Å². The number of anilines is 3. The first-order valence-corrected chi connectivity index (χ1v) is 11.7. The molecule has 2 aromatic rings. The van der Waals surface area contributed by atoms with E-state index in [1.165, 1.54) is 0 Å². The maximum absolute atomic E-state index is 12.7. The summed E-state index contributed by atoms with van der Waals surface area (Å²) in [5, 5.41) is 2.77. The Labute approximate surface area is 177 Å². The van der Waals surface area contributed by atoms with Gasteiger partial charge >= 0.3 is 0 Å². The van der Waals surface area contributed by atoms with Gasteiger partial charge in [-0.15, -0.1) is 0 Å². The Kier molecular flexibility index (Phi) is 6.17. The molecule has 7 nitrogen and oxygen atoms in total. The summed E-state index contributed by atoms with van der Waals surface area (Å²) in [6, 6.07) is 10.7. The molecule has 2 aromatic carbocycles. The van der Waals surface area contributed by atoms with Gasteiger partial charge in [0.15, 0.2) is 0 Å². The average molecular weight is 430 g/mol. The first-order chi connectivity index (χ1) is 14.1. The number of carbonyl (C=O) groups excluding carboxylic acids is 2. The van der Waals surface area contributed by atoms with Crippen molar-refractivity contribution in [1.29, 1.82) is 0 Å². The topological polar surface area (TPSA) is 86.8 Å². The second kappa shape index (κ2) is 8.47. The van der Waals surface area contributed by atoms with E-state index in [2.05, 4.69) is 5.32 Å². The van der Waals surface area contributed by atoms with Crippen LogP contribution >= 0.6 is 0 Å². The fourth-order valence-electron chi connectivity index (χ4n) is 3.60. The first kappa shape index (κ1) is 21.8. The molecule has 160 valence electrons. The van der Waals surface area contributed by atoms with E-state index in [9.17, 15) is 18.0 Å². The van der Waals surface area contributed by atoms with Crippen molar-refractivity contribution < 1.29 is 18.0 Å². The zero-order valence-electron chi connectivity index (χ0n) is 17.7. The van der Waals surface area contributed by atoms with Crippen molar-refractivity contribution >= 4 is 38.9 Å². The van der Waals surface area contributed by atoms with Gasteiger partial charge in [-0.3, -0.25) is 13.9 Å². The number of carbonyl (C=O) groups is 2. The lowest BCUT2D eigenvalue weighted by Crippen LogP contribution is -2.38. The van der Waals surface area contributed by atoms with E-state index in [0.29, 0.717) is 24.3 Å². The van der Waals surface area contributed by atoms with E-state index in [1.807, 2.05) is 32.9 Å². The maximum atomic E-state index is 12.7. The predicted octanol–water partition coefficient (Wildman–Crippen LogP) is 3.14. The van der Waals surface area contributed by atoms with Crippen LogP contribution in [0.3, 0.4) is 0 Å². The molecule has 1 saturated heterocycles. The zero-order valence-corrected chi connectivity index (χ0v) is 18.5. The lowest BCUT2D eigenvalue weighted by molar-refractivity contribution is -0.117. The van der Waals surface area contributed by atoms with Gasteiger partial charge in [-0.05, 0) is 62.1 Å². The van der Waals surface area contributed by atoms with E-state index >= 15 is 0 Å². The van der Waals surface area contributed by atoms with Crippen LogP contribution in [0.25, 0.3) is 0 Å². The molecule has 1 N–H and O–H groups in total. The van der Waals surface area contributed by atoms with Crippen LogP contribution in [-0.2, 0) is 19.6 Å². The third-order valence-electron chi connectivity index (χ3n) is 5.39. The number of hydrogen-bond donors (Lipinski definition) is 1. The molecule has 0 aliphatic carbocycles. The summed E-state index contributed by atoms with van der Waals surface area (Å²) in [4.78, 5) is 26.5. The number of nitrogens with zero attached hydrogens (tertiary/aromatic N) is 2. The highest BCUT2D eigenvalue weighted by molar-refractivity contribution is 7.92. The highest BCUT2D eigenvalue weighted by Crippen LogP contribution is 2.29. The first-order valence-electron chi connectivity index (χ1n) is 9.82. The quantitative estimate of drug-likeness (QED) is 0.764. The normalized spacial score (nSPS) is 14.1. The Bertz CT molecular complexity index is 1100. The van der Waals surface area contributed by atoms with Crippen LogP contribution in [0.5, 0.6) is 0 Å². The van der Waals surface area contributed by atoms with Crippen molar-refractivity contribution in [3.8, 4) is 0 Å². The smallest absolute Gasteiger partial charge is 0.245 e. The van der Waals surface area contributed by atoms with Gasteiger partial charge in [0.2, 0.25) is 21.8 Å². The Morgan fingerprint density at radius 1 is 1.13 bits per heavy atom. The van der Waals surface area contributed by atoms with Crippen LogP contribution in [0.15, 0.2) is 36.4 Å². The molecule has 2 amide bonds. The SMILES string of the molecule is Cc1ccc(NC(=O)CN(c2cccc(C)c2C)S(C)(=O)=O)cc1N1CCCC1=O. The van der Waals surface area contributed by atoms with Crippen molar-refractivity contribution in [3.05, 3.63) is 53.1 Å². The molecule has 1 heterocycles. The lowest BCUT2D eigenvalue weighted by Gasteiger charge is -2.24. The van der Waals surface area contributed by atoms with E-state index in [-0.39, 0.29) is 12.5 Å². The fraction of sp³-hybridized carbons (Fsp3) is 0.364. The maximum Gasteiger partial charge on any atom is 0.245 e. The van der Waals surface area contributed by atoms with E-state index in [0.717, 1.165) is 39.4 Å². The summed E-state index contributed by atoms with van der Waals surface area (Å²) in [5.41, 5.74) is 4.47.